The largest absolute Gasteiger partial charge is 0.497 e. The molecule has 0 amide bonds. The van der Waals surface area contributed by atoms with E-state index in [-0.39, 0.29) is 17.7 Å². The predicted octanol–water partition coefficient (Wildman–Crippen LogP) is 2.34. The zero-order valence-electron chi connectivity index (χ0n) is 15.2. The van der Waals surface area contributed by atoms with Crippen molar-refractivity contribution >= 4 is 20.8 Å². The van der Waals surface area contributed by atoms with Gasteiger partial charge in [-0.1, -0.05) is 18.2 Å². The van der Waals surface area contributed by atoms with E-state index in [2.05, 4.69) is 4.98 Å². The van der Waals surface area contributed by atoms with Gasteiger partial charge in [0.1, 0.15) is 5.75 Å². The predicted molar refractivity (Wildman–Crippen MR) is 101 cm³/mol. The number of hydrogen-bond donors (Lipinski definition) is 0. The first-order valence-electron chi connectivity index (χ1n) is 8.65. The van der Waals surface area contributed by atoms with Crippen LogP contribution >= 0.6 is 0 Å². The number of hydrogen-bond acceptors (Lipinski definition) is 5. The first-order valence-corrected chi connectivity index (χ1v) is 10.1. The molecule has 0 spiro atoms. The summed E-state index contributed by atoms with van der Waals surface area (Å²) in [5, 5.41) is 2.18. The second-order valence-electron chi connectivity index (χ2n) is 6.57. The van der Waals surface area contributed by atoms with Gasteiger partial charge in [0.05, 0.1) is 26.1 Å². The molecule has 0 aliphatic carbocycles. The standard InChI is InChI=1S/C19H21N3O4S/c1-21-12-19(20-13-21)27(23,24)22-7-8-26-18(11-22)16-4-3-15-10-17(25-2)6-5-14(15)9-16/h3-6,9-10,12-13,18H,7-8,11H2,1-2H3. The van der Waals surface area contributed by atoms with Crippen LogP contribution in [0.5, 0.6) is 5.75 Å². The minimum Gasteiger partial charge on any atom is -0.497 e. The Labute approximate surface area is 158 Å². The summed E-state index contributed by atoms with van der Waals surface area (Å²) in [6.07, 6.45) is 2.69. The van der Waals surface area contributed by atoms with Crippen LogP contribution in [0.4, 0.5) is 0 Å². The molecule has 1 fully saturated rings. The Balaban J connectivity index is 1.60. The molecule has 27 heavy (non-hydrogen) atoms. The van der Waals surface area contributed by atoms with Gasteiger partial charge in [0.15, 0.2) is 5.03 Å². The third-order valence-corrected chi connectivity index (χ3v) is 6.51. The van der Waals surface area contributed by atoms with Crippen molar-refractivity contribution in [2.24, 2.45) is 7.05 Å². The summed E-state index contributed by atoms with van der Waals surface area (Å²) in [4.78, 5) is 4.00. The Morgan fingerprint density at radius 3 is 2.70 bits per heavy atom. The number of fused-ring (bicyclic) bond motifs is 1. The monoisotopic (exact) mass is 387 g/mol. The molecule has 1 unspecified atom stereocenters. The molecule has 0 N–H and O–H groups in total. The lowest BCUT2D eigenvalue weighted by atomic mass is 10.0. The van der Waals surface area contributed by atoms with Gasteiger partial charge in [-0.3, -0.25) is 0 Å². The molecule has 7 nitrogen and oxygen atoms in total. The smallest absolute Gasteiger partial charge is 0.262 e. The fraction of sp³-hybridized carbons (Fsp3) is 0.316. The lowest BCUT2D eigenvalue weighted by Gasteiger charge is -2.32. The van der Waals surface area contributed by atoms with Gasteiger partial charge in [0, 0.05) is 26.3 Å². The molecule has 1 atom stereocenters. The van der Waals surface area contributed by atoms with Crippen LogP contribution in [0.2, 0.25) is 0 Å². The molecule has 0 bridgehead atoms. The lowest BCUT2D eigenvalue weighted by molar-refractivity contribution is -0.00254. The van der Waals surface area contributed by atoms with Crippen LogP contribution < -0.4 is 4.74 Å². The summed E-state index contributed by atoms with van der Waals surface area (Å²) < 4.78 is 39.9. The number of sulfonamides is 1. The Bertz CT molecular complexity index is 1080. The zero-order valence-corrected chi connectivity index (χ0v) is 16.0. The Kier molecular flexibility index (Phi) is 4.63. The summed E-state index contributed by atoms with van der Waals surface area (Å²) in [5.74, 6) is 0.803. The maximum absolute atomic E-state index is 12.8. The van der Waals surface area contributed by atoms with Crippen molar-refractivity contribution < 1.29 is 17.9 Å². The summed E-state index contributed by atoms with van der Waals surface area (Å²) >= 11 is 0. The fourth-order valence-corrected chi connectivity index (χ4v) is 4.66. The van der Waals surface area contributed by atoms with E-state index in [4.69, 9.17) is 9.47 Å². The van der Waals surface area contributed by atoms with Crippen molar-refractivity contribution in [3.63, 3.8) is 0 Å². The van der Waals surface area contributed by atoms with Crippen molar-refractivity contribution in [1.82, 2.24) is 13.9 Å². The molecule has 2 aromatic carbocycles. The first kappa shape index (κ1) is 18.0. The molecule has 8 heteroatoms. The van der Waals surface area contributed by atoms with Crippen LogP contribution in [0.3, 0.4) is 0 Å². The summed E-state index contributed by atoms with van der Waals surface area (Å²) in [6, 6.07) is 11.9. The van der Waals surface area contributed by atoms with Crippen molar-refractivity contribution in [2.75, 3.05) is 26.8 Å². The fourth-order valence-electron chi connectivity index (χ4n) is 3.27. The van der Waals surface area contributed by atoms with Crippen molar-refractivity contribution in [3.8, 4) is 5.75 Å². The number of aryl methyl sites for hydroxylation is 1. The van der Waals surface area contributed by atoms with Gasteiger partial charge in [0.2, 0.25) is 0 Å². The SMILES string of the molecule is COc1ccc2cc(C3CN(S(=O)(=O)c4cn(C)cn4)CCO3)ccc2c1. The maximum Gasteiger partial charge on any atom is 0.262 e. The van der Waals surface area contributed by atoms with Crippen LogP contribution in [0.15, 0.2) is 53.9 Å². The second kappa shape index (κ2) is 6.95. The minimum atomic E-state index is -3.63. The summed E-state index contributed by atoms with van der Waals surface area (Å²) in [5.41, 5.74) is 0.952. The molecule has 0 saturated carbocycles. The molecule has 1 aliphatic heterocycles. The van der Waals surface area contributed by atoms with Gasteiger partial charge in [-0.15, -0.1) is 0 Å². The number of benzene rings is 2. The van der Waals surface area contributed by atoms with Gasteiger partial charge >= 0.3 is 0 Å². The van der Waals surface area contributed by atoms with E-state index in [1.54, 1.807) is 18.7 Å². The van der Waals surface area contributed by atoms with E-state index in [0.29, 0.717) is 13.2 Å². The summed E-state index contributed by atoms with van der Waals surface area (Å²) in [7, 11) is -0.240. The molecule has 3 aromatic rings. The van der Waals surface area contributed by atoms with Crippen molar-refractivity contribution in [2.45, 2.75) is 11.1 Å². The average Bonchev–Trinajstić information content (AvgIpc) is 3.14. The van der Waals surface area contributed by atoms with E-state index in [1.165, 1.54) is 16.8 Å². The van der Waals surface area contributed by atoms with Crippen molar-refractivity contribution in [3.05, 3.63) is 54.5 Å². The summed E-state index contributed by atoms with van der Waals surface area (Å²) in [6.45, 7) is 0.929. The first-order chi connectivity index (χ1) is 13.0. The third-order valence-electron chi connectivity index (χ3n) is 4.76. The van der Waals surface area contributed by atoms with E-state index >= 15 is 0 Å². The normalized spacial score (nSPS) is 18.7. The number of nitrogens with zero attached hydrogens (tertiary/aromatic N) is 3. The van der Waals surface area contributed by atoms with Gasteiger partial charge in [0.25, 0.3) is 10.0 Å². The molecular formula is C19H21N3O4S. The van der Waals surface area contributed by atoms with Gasteiger partial charge < -0.3 is 14.0 Å². The van der Waals surface area contributed by atoms with Crippen LogP contribution in [0.25, 0.3) is 10.8 Å². The lowest BCUT2D eigenvalue weighted by Crippen LogP contribution is -2.42. The molecule has 4 rings (SSSR count). The maximum atomic E-state index is 12.8. The van der Waals surface area contributed by atoms with E-state index in [9.17, 15) is 8.42 Å². The van der Waals surface area contributed by atoms with E-state index < -0.39 is 10.0 Å². The highest BCUT2D eigenvalue weighted by Gasteiger charge is 2.32. The quantitative estimate of drug-likeness (QED) is 0.687. The van der Waals surface area contributed by atoms with Crippen LogP contribution in [0.1, 0.15) is 11.7 Å². The van der Waals surface area contributed by atoms with Crippen LogP contribution in [-0.2, 0) is 21.8 Å². The number of imidazole rings is 1. The number of aromatic nitrogens is 2. The van der Waals surface area contributed by atoms with Gasteiger partial charge in [-0.05, 0) is 34.5 Å². The molecular weight excluding hydrogens is 366 g/mol. The Morgan fingerprint density at radius 1 is 1.19 bits per heavy atom. The molecule has 142 valence electrons. The number of ether oxygens (including phenoxy) is 2. The average molecular weight is 387 g/mol. The van der Waals surface area contributed by atoms with Gasteiger partial charge in [-0.25, -0.2) is 13.4 Å². The highest BCUT2D eigenvalue weighted by molar-refractivity contribution is 7.89. The number of rotatable bonds is 4. The Morgan fingerprint density at radius 2 is 1.96 bits per heavy atom. The highest BCUT2D eigenvalue weighted by atomic mass is 32.2. The molecule has 0 radical (unpaired) electrons. The molecule has 1 saturated heterocycles. The highest BCUT2D eigenvalue weighted by Crippen LogP contribution is 2.29. The van der Waals surface area contributed by atoms with E-state index in [1.807, 2.05) is 36.4 Å². The molecule has 1 aliphatic rings. The zero-order chi connectivity index (χ0) is 19.0. The third kappa shape index (κ3) is 3.43. The van der Waals surface area contributed by atoms with Crippen LogP contribution in [0, 0.1) is 0 Å². The minimum absolute atomic E-state index is 0.0660. The number of methoxy groups -OCH3 is 1. The topological polar surface area (TPSA) is 73.7 Å². The van der Waals surface area contributed by atoms with Gasteiger partial charge in [-0.2, -0.15) is 4.31 Å². The molecule has 2 heterocycles. The Hall–Kier alpha value is -2.42. The second-order valence-corrected chi connectivity index (χ2v) is 8.46. The number of morpholine rings is 1. The van der Waals surface area contributed by atoms with E-state index in [0.717, 1.165) is 22.1 Å². The molecule has 1 aromatic heterocycles. The van der Waals surface area contributed by atoms with Crippen molar-refractivity contribution in [1.29, 1.82) is 0 Å². The van der Waals surface area contributed by atoms with Crippen LogP contribution in [-0.4, -0.2) is 49.1 Å².